The molecule has 5 nitrogen and oxygen atoms in total. The van der Waals surface area contributed by atoms with Crippen LogP contribution in [0.15, 0.2) is 8.89 Å². The van der Waals surface area contributed by atoms with E-state index in [4.69, 9.17) is 4.42 Å². The van der Waals surface area contributed by atoms with Crippen LogP contribution in [-0.4, -0.2) is 26.2 Å². The van der Waals surface area contributed by atoms with Crippen molar-refractivity contribution in [1.29, 1.82) is 0 Å². The predicted octanol–water partition coefficient (Wildman–Crippen LogP) is 1.85. The summed E-state index contributed by atoms with van der Waals surface area (Å²) in [6, 6.07) is 0. The van der Waals surface area contributed by atoms with Crippen molar-refractivity contribution in [3.05, 3.63) is 21.6 Å². The molecule has 6 heteroatoms. The van der Waals surface area contributed by atoms with Crippen molar-refractivity contribution in [2.24, 2.45) is 0 Å². The van der Waals surface area contributed by atoms with Gasteiger partial charge >= 0.3 is 11.9 Å². The number of hydrogen-bond acceptors (Lipinski definition) is 5. The Balaban J connectivity index is 3.13. The molecule has 0 saturated carbocycles. The van der Waals surface area contributed by atoms with Crippen LogP contribution >= 0.6 is 15.9 Å². The van der Waals surface area contributed by atoms with Gasteiger partial charge in [0.05, 0.1) is 18.7 Å². The smallest absolute Gasteiger partial charge is 0.342 e. The summed E-state index contributed by atoms with van der Waals surface area (Å²) in [6.07, 6.45) is -0.104. The molecule has 0 amide bonds. The molecule has 0 N–H and O–H groups in total. The zero-order valence-electron chi connectivity index (χ0n) is 9.13. The quantitative estimate of drug-likeness (QED) is 0.795. The van der Waals surface area contributed by atoms with E-state index < -0.39 is 11.9 Å². The van der Waals surface area contributed by atoms with E-state index in [1.165, 1.54) is 14.2 Å². The van der Waals surface area contributed by atoms with Gasteiger partial charge in [0.15, 0.2) is 0 Å². The maximum atomic E-state index is 11.5. The fourth-order valence-electron chi connectivity index (χ4n) is 1.21. The van der Waals surface area contributed by atoms with Crippen molar-refractivity contribution >= 4 is 27.9 Å². The van der Waals surface area contributed by atoms with Gasteiger partial charge in [-0.2, -0.15) is 0 Å². The Bertz CT molecular complexity index is 421. The van der Waals surface area contributed by atoms with Crippen LogP contribution in [0.3, 0.4) is 0 Å². The van der Waals surface area contributed by atoms with Gasteiger partial charge < -0.3 is 13.9 Å². The minimum Gasteiger partial charge on any atom is -0.469 e. The second-order valence-electron chi connectivity index (χ2n) is 3.01. The summed E-state index contributed by atoms with van der Waals surface area (Å²) in [5.41, 5.74) is 0.227. The van der Waals surface area contributed by atoms with E-state index in [0.717, 1.165) is 0 Å². The molecule has 1 aromatic rings. The molecule has 0 aliphatic carbocycles. The molecule has 1 rings (SSSR count). The Kier molecular flexibility index (Phi) is 4.12. The lowest BCUT2D eigenvalue weighted by atomic mass is 10.2. The average Bonchev–Trinajstić information content (AvgIpc) is 2.53. The summed E-state index contributed by atoms with van der Waals surface area (Å²) >= 11 is 3.21. The third kappa shape index (κ3) is 2.44. The molecule has 0 aliphatic heterocycles. The Morgan fingerprint density at radius 2 is 1.94 bits per heavy atom. The summed E-state index contributed by atoms with van der Waals surface area (Å²) in [7, 11) is 2.53. The Hall–Kier alpha value is -1.30. The maximum Gasteiger partial charge on any atom is 0.342 e. The normalized spacial score (nSPS) is 10.0. The Morgan fingerprint density at radius 1 is 1.31 bits per heavy atom. The highest BCUT2D eigenvalue weighted by Gasteiger charge is 2.24. The maximum absolute atomic E-state index is 11.5. The minimum absolute atomic E-state index is 0.104. The van der Waals surface area contributed by atoms with Crippen LogP contribution in [-0.2, 0) is 20.7 Å². The van der Waals surface area contributed by atoms with Gasteiger partial charge in [-0.15, -0.1) is 0 Å². The second kappa shape index (κ2) is 5.16. The van der Waals surface area contributed by atoms with Gasteiger partial charge in [-0.1, -0.05) is 0 Å². The fraction of sp³-hybridized carbons (Fsp3) is 0.400. The van der Waals surface area contributed by atoms with Gasteiger partial charge in [0.25, 0.3) is 0 Å². The van der Waals surface area contributed by atoms with Gasteiger partial charge in [-0.05, 0) is 22.9 Å². The van der Waals surface area contributed by atoms with Crippen molar-refractivity contribution < 1.29 is 23.5 Å². The number of carbonyl (C=O) groups excluding carboxylic acids is 2. The highest BCUT2D eigenvalue weighted by Crippen LogP contribution is 2.28. The Labute approximate surface area is 101 Å². The first kappa shape index (κ1) is 12.8. The number of ether oxygens (including phenoxy) is 2. The number of aryl methyl sites for hydroxylation is 1. The SMILES string of the molecule is COC(=O)Cc1oc(C)c(Br)c1C(=O)OC. The van der Waals surface area contributed by atoms with Gasteiger partial charge in [0, 0.05) is 0 Å². The van der Waals surface area contributed by atoms with Gasteiger partial charge in [-0.25, -0.2) is 4.79 Å². The van der Waals surface area contributed by atoms with Crippen LogP contribution in [0.1, 0.15) is 21.9 Å². The van der Waals surface area contributed by atoms with Crippen LogP contribution in [0.4, 0.5) is 0 Å². The first-order valence-corrected chi connectivity index (χ1v) is 5.23. The molecular weight excluding hydrogens is 280 g/mol. The first-order chi connectivity index (χ1) is 7.51. The zero-order chi connectivity index (χ0) is 12.3. The van der Waals surface area contributed by atoms with Crippen LogP contribution in [0.5, 0.6) is 0 Å². The topological polar surface area (TPSA) is 65.7 Å². The molecule has 0 fully saturated rings. The highest BCUT2D eigenvalue weighted by molar-refractivity contribution is 9.10. The van der Waals surface area contributed by atoms with Gasteiger partial charge in [0.1, 0.15) is 23.5 Å². The molecule has 1 aromatic heterocycles. The number of halogens is 1. The third-order valence-electron chi connectivity index (χ3n) is 2.01. The molecule has 1 heterocycles. The number of esters is 2. The lowest BCUT2D eigenvalue weighted by molar-refractivity contribution is -0.140. The number of carbonyl (C=O) groups is 2. The van der Waals surface area contributed by atoms with Crippen LogP contribution < -0.4 is 0 Å². The number of hydrogen-bond donors (Lipinski definition) is 0. The van der Waals surface area contributed by atoms with Crippen molar-refractivity contribution in [3.8, 4) is 0 Å². The highest BCUT2D eigenvalue weighted by atomic mass is 79.9. The van der Waals surface area contributed by atoms with E-state index in [1.54, 1.807) is 6.92 Å². The van der Waals surface area contributed by atoms with E-state index in [1.807, 2.05) is 0 Å². The summed E-state index contributed by atoms with van der Waals surface area (Å²) in [6.45, 7) is 1.68. The molecule has 0 aromatic carbocycles. The minimum atomic E-state index is -0.553. The summed E-state index contributed by atoms with van der Waals surface area (Å²) in [5.74, 6) is -0.281. The van der Waals surface area contributed by atoms with Crippen molar-refractivity contribution in [3.63, 3.8) is 0 Å². The molecule has 0 saturated heterocycles. The van der Waals surface area contributed by atoms with E-state index in [2.05, 4.69) is 25.4 Å². The van der Waals surface area contributed by atoms with Crippen molar-refractivity contribution in [2.75, 3.05) is 14.2 Å². The monoisotopic (exact) mass is 290 g/mol. The van der Waals surface area contributed by atoms with Crippen molar-refractivity contribution in [2.45, 2.75) is 13.3 Å². The number of furan rings is 1. The molecule has 0 radical (unpaired) electrons. The van der Waals surface area contributed by atoms with E-state index in [-0.39, 0.29) is 17.7 Å². The molecule has 0 atom stereocenters. The van der Waals surface area contributed by atoms with E-state index in [9.17, 15) is 9.59 Å². The van der Waals surface area contributed by atoms with Gasteiger partial charge in [0.2, 0.25) is 0 Å². The molecular formula is C10H11BrO5. The molecule has 88 valence electrons. The zero-order valence-corrected chi connectivity index (χ0v) is 10.7. The second-order valence-corrected chi connectivity index (χ2v) is 3.81. The number of rotatable bonds is 3. The molecule has 0 aliphatic rings. The molecule has 0 unspecified atom stereocenters. The summed E-state index contributed by atoms with van der Waals surface area (Å²) < 4.78 is 14.9. The van der Waals surface area contributed by atoms with Gasteiger partial charge in [-0.3, -0.25) is 4.79 Å². The summed E-state index contributed by atoms with van der Waals surface area (Å²) in [5, 5.41) is 0. The van der Waals surface area contributed by atoms with Crippen LogP contribution in [0.2, 0.25) is 0 Å². The fourth-order valence-corrected chi connectivity index (χ4v) is 1.68. The van der Waals surface area contributed by atoms with Crippen LogP contribution in [0.25, 0.3) is 0 Å². The van der Waals surface area contributed by atoms with Crippen molar-refractivity contribution in [1.82, 2.24) is 0 Å². The molecule has 0 spiro atoms. The average molecular weight is 291 g/mol. The largest absolute Gasteiger partial charge is 0.469 e. The number of methoxy groups -OCH3 is 2. The lowest BCUT2D eigenvalue weighted by Crippen LogP contribution is -2.09. The van der Waals surface area contributed by atoms with Crippen LogP contribution in [0, 0.1) is 6.92 Å². The summed E-state index contributed by atoms with van der Waals surface area (Å²) in [4.78, 5) is 22.6. The van der Waals surface area contributed by atoms with E-state index in [0.29, 0.717) is 10.2 Å². The predicted molar refractivity (Wildman–Crippen MR) is 58.2 cm³/mol. The van der Waals surface area contributed by atoms with E-state index >= 15 is 0 Å². The third-order valence-corrected chi connectivity index (χ3v) is 2.96. The first-order valence-electron chi connectivity index (χ1n) is 4.44. The molecule has 0 bridgehead atoms. The lowest BCUT2D eigenvalue weighted by Gasteiger charge is -2.00. The standard InChI is InChI=1S/C10H11BrO5/c1-5-9(11)8(10(13)15-3)6(16-5)4-7(12)14-2/h4H2,1-3H3. The molecule has 16 heavy (non-hydrogen) atoms. The Morgan fingerprint density at radius 3 is 2.44 bits per heavy atom.